The normalized spacial score (nSPS) is 16.8. The molecule has 0 spiro atoms. The molecule has 2 fully saturated rings. The Bertz CT molecular complexity index is 971. The van der Waals surface area contributed by atoms with Gasteiger partial charge in [0.05, 0.1) is 19.5 Å². The van der Waals surface area contributed by atoms with Crippen LogP contribution in [0.2, 0.25) is 0 Å². The van der Waals surface area contributed by atoms with Crippen molar-refractivity contribution in [2.75, 3.05) is 25.9 Å². The fraction of sp³-hybridized carbons (Fsp3) is 0.500. The van der Waals surface area contributed by atoms with Crippen LogP contribution in [0.1, 0.15) is 50.1 Å². The summed E-state index contributed by atoms with van der Waals surface area (Å²) in [5.74, 6) is 0.514. The van der Waals surface area contributed by atoms with Crippen LogP contribution >= 0.6 is 0 Å². The second-order valence-corrected chi connectivity index (χ2v) is 7.37. The van der Waals surface area contributed by atoms with E-state index in [2.05, 4.69) is 25.4 Å². The molecule has 1 aliphatic heterocycles. The molecule has 0 bridgehead atoms. The number of nitrogens with one attached hydrogen (secondary N) is 1. The molecule has 154 valence electrons. The molecule has 8 nitrogen and oxygen atoms in total. The number of piperidine rings is 1. The number of imidazole rings is 1. The molecule has 2 aliphatic rings. The number of fused-ring (bicyclic) bond motifs is 1. The highest BCUT2D eigenvalue weighted by atomic mass is 19.1. The molecule has 0 amide bonds. The minimum atomic E-state index is -0.566. The van der Waals surface area contributed by atoms with E-state index in [0.29, 0.717) is 23.0 Å². The Kier molecular flexibility index (Phi) is 5.84. The Hall–Kier alpha value is -2.81. The molecule has 0 radical (unpaired) electrons. The Morgan fingerprint density at radius 1 is 1.14 bits per heavy atom. The van der Waals surface area contributed by atoms with E-state index in [4.69, 9.17) is 10.5 Å². The van der Waals surface area contributed by atoms with Gasteiger partial charge in [-0.05, 0) is 38.8 Å². The summed E-state index contributed by atoms with van der Waals surface area (Å²) in [6.07, 6.45) is 10.1. The first-order valence-corrected chi connectivity index (χ1v) is 10.1. The van der Waals surface area contributed by atoms with Crippen molar-refractivity contribution < 1.29 is 9.13 Å². The highest BCUT2D eigenvalue weighted by molar-refractivity contribution is 5.61. The summed E-state index contributed by atoms with van der Waals surface area (Å²) >= 11 is 0. The third kappa shape index (κ3) is 4.14. The fourth-order valence-electron chi connectivity index (χ4n) is 3.56. The van der Waals surface area contributed by atoms with Gasteiger partial charge in [-0.25, -0.2) is 23.9 Å². The summed E-state index contributed by atoms with van der Waals surface area (Å²) in [5.41, 5.74) is 7.53. The molecule has 1 saturated heterocycles. The van der Waals surface area contributed by atoms with E-state index in [1.165, 1.54) is 45.0 Å². The van der Waals surface area contributed by atoms with Crippen LogP contribution in [0, 0.1) is 5.82 Å². The molecule has 0 atom stereocenters. The molecule has 29 heavy (non-hydrogen) atoms. The highest BCUT2D eigenvalue weighted by Crippen LogP contribution is 2.40. The maximum absolute atomic E-state index is 14.1. The van der Waals surface area contributed by atoms with Gasteiger partial charge in [0.2, 0.25) is 5.95 Å². The predicted octanol–water partition coefficient (Wildman–Crippen LogP) is 2.94. The third-order valence-electron chi connectivity index (χ3n) is 5.41. The molecular formula is C20H26FN7O. The molecule has 4 heterocycles. The summed E-state index contributed by atoms with van der Waals surface area (Å²) in [5, 5.41) is 7.92. The van der Waals surface area contributed by atoms with E-state index in [1.54, 1.807) is 11.6 Å². The van der Waals surface area contributed by atoms with Gasteiger partial charge in [-0.15, -0.1) is 0 Å². The largest absolute Gasteiger partial charge is 0.495 e. The molecule has 3 aromatic heterocycles. The maximum Gasteiger partial charge on any atom is 0.220 e. The molecule has 5 rings (SSSR count). The van der Waals surface area contributed by atoms with Gasteiger partial charge in [-0.3, -0.25) is 0 Å². The lowest BCUT2D eigenvalue weighted by Gasteiger charge is -2.26. The van der Waals surface area contributed by atoms with E-state index >= 15 is 0 Å². The van der Waals surface area contributed by atoms with Crippen molar-refractivity contribution >= 4 is 11.6 Å². The van der Waals surface area contributed by atoms with Crippen LogP contribution in [-0.2, 0) is 0 Å². The zero-order valence-electron chi connectivity index (χ0n) is 16.6. The summed E-state index contributed by atoms with van der Waals surface area (Å²) < 4.78 is 21.1. The summed E-state index contributed by atoms with van der Waals surface area (Å²) in [6.45, 7) is 2.50. The van der Waals surface area contributed by atoms with Crippen LogP contribution in [0.5, 0.6) is 5.75 Å². The third-order valence-corrected chi connectivity index (χ3v) is 5.41. The Morgan fingerprint density at radius 2 is 1.93 bits per heavy atom. The molecule has 1 aliphatic carbocycles. The van der Waals surface area contributed by atoms with Gasteiger partial charge in [0.25, 0.3) is 0 Å². The molecule has 3 N–H and O–H groups in total. The molecule has 0 aromatic carbocycles. The number of nitrogens with two attached hydrogens (primary N) is 1. The van der Waals surface area contributed by atoms with Crippen LogP contribution in [-0.4, -0.2) is 44.8 Å². The number of nitrogen functional groups attached to an aromatic ring is 1. The van der Waals surface area contributed by atoms with Crippen molar-refractivity contribution in [1.29, 1.82) is 0 Å². The molecule has 1 saturated carbocycles. The SMILES string of the molecule is C1CCNCC1.COc1cc2ncc(-c3nc(N)ncc3F)n2nc1C1CCC1. The van der Waals surface area contributed by atoms with Crippen LogP contribution in [0.25, 0.3) is 17.0 Å². The van der Waals surface area contributed by atoms with Crippen LogP contribution in [0.3, 0.4) is 0 Å². The Morgan fingerprint density at radius 3 is 2.52 bits per heavy atom. The van der Waals surface area contributed by atoms with E-state index in [-0.39, 0.29) is 11.6 Å². The zero-order chi connectivity index (χ0) is 20.2. The predicted molar refractivity (Wildman–Crippen MR) is 108 cm³/mol. The number of anilines is 1. The summed E-state index contributed by atoms with van der Waals surface area (Å²) in [7, 11) is 1.62. The van der Waals surface area contributed by atoms with Crippen molar-refractivity contribution in [3.63, 3.8) is 0 Å². The van der Waals surface area contributed by atoms with Crippen LogP contribution in [0.15, 0.2) is 18.5 Å². The lowest BCUT2D eigenvalue weighted by molar-refractivity contribution is 0.362. The lowest BCUT2D eigenvalue weighted by atomic mass is 9.82. The molecule has 3 aromatic rings. The van der Waals surface area contributed by atoms with Crippen molar-refractivity contribution in [2.24, 2.45) is 0 Å². The van der Waals surface area contributed by atoms with Gasteiger partial charge < -0.3 is 15.8 Å². The van der Waals surface area contributed by atoms with E-state index in [0.717, 1.165) is 24.7 Å². The van der Waals surface area contributed by atoms with Crippen molar-refractivity contribution in [3.05, 3.63) is 30.0 Å². The first kappa shape index (κ1) is 19.5. The van der Waals surface area contributed by atoms with Gasteiger partial charge in [-0.1, -0.05) is 12.8 Å². The van der Waals surface area contributed by atoms with Gasteiger partial charge in [-0.2, -0.15) is 5.10 Å². The number of halogens is 1. The Labute approximate surface area is 168 Å². The number of rotatable bonds is 3. The number of hydrogen-bond donors (Lipinski definition) is 2. The van der Waals surface area contributed by atoms with Crippen LogP contribution in [0.4, 0.5) is 10.3 Å². The topological polar surface area (TPSA) is 103 Å². The van der Waals surface area contributed by atoms with Crippen molar-refractivity contribution in [2.45, 2.75) is 44.4 Å². The smallest absolute Gasteiger partial charge is 0.220 e. The molecule has 9 heteroatoms. The van der Waals surface area contributed by atoms with Gasteiger partial charge in [0.1, 0.15) is 22.8 Å². The van der Waals surface area contributed by atoms with Gasteiger partial charge >= 0.3 is 0 Å². The number of hydrogen-bond acceptors (Lipinski definition) is 7. The number of aromatic nitrogens is 5. The van der Waals surface area contributed by atoms with Crippen molar-refractivity contribution in [1.82, 2.24) is 29.9 Å². The minimum Gasteiger partial charge on any atom is -0.495 e. The minimum absolute atomic E-state index is 0.00378. The molecule has 0 unspecified atom stereocenters. The summed E-state index contributed by atoms with van der Waals surface area (Å²) in [6, 6.07) is 1.81. The first-order chi connectivity index (χ1) is 14.2. The quantitative estimate of drug-likeness (QED) is 0.698. The second-order valence-electron chi connectivity index (χ2n) is 7.37. The van der Waals surface area contributed by atoms with Gasteiger partial charge in [0, 0.05) is 12.0 Å². The van der Waals surface area contributed by atoms with Gasteiger partial charge in [0.15, 0.2) is 11.5 Å². The number of methoxy groups -OCH3 is 1. The van der Waals surface area contributed by atoms with Crippen LogP contribution < -0.4 is 15.8 Å². The van der Waals surface area contributed by atoms with Crippen molar-refractivity contribution in [3.8, 4) is 17.1 Å². The molecular weight excluding hydrogens is 373 g/mol. The average molecular weight is 399 g/mol. The first-order valence-electron chi connectivity index (χ1n) is 10.1. The monoisotopic (exact) mass is 399 g/mol. The number of nitrogens with zero attached hydrogens (tertiary/aromatic N) is 5. The Balaban J connectivity index is 0.000000294. The van der Waals surface area contributed by atoms with E-state index < -0.39 is 5.82 Å². The maximum atomic E-state index is 14.1. The van der Waals surface area contributed by atoms with E-state index in [1.807, 2.05) is 6.07 Å². The standard InChI is InChI=1S/C15H15FN6O.C5H11N/c1-23-11-5-12-18-7-10(14-9(16)6-19-15(17)20-14)22(12)21-13(11)8-3-2-4-8;1-2-4-6-5-3-1/h5-8H,2-4H2,1H3,(H2,17,19,20);6H,1-5H2. The number of ether oxygens (including phenoxy) is 1. The average Bonchev–Trinajstić information content (AvgIpc) is 3.12. The van der Waals surface area contributed by atoms with E-state index in [9.17, 15) is 4.39 Å². The zero-order valence-corrected chi connectivity index (χ0v) is 16.6. The summed E-state index contributed by atoms with van der Waals surface area (Å²) in [4.78, 5) is 11.9. The highest BCUT2D eigenvalue weighted by Gasteiger charge is 2.26. The fourth-order valence-corrected chi connectivity index (χ4v) is 3.56. The lowest BCUT2D eigenvalue weighted by Crippen LogP contribution is -2.21. The second kappa shape index (κ2) is 8.69.